The number of methoxy groups -OCH3 is 1. The lowest BCUT2D eigenvalue weighted by atomic mass is 10.1. The molecular weight excluding hydrogens is 264 g/mol. The van der Waals surface area contributed by atoms with E-state index in [0.717, 1.165) is 19.3 Å². The second kappa shape index (κ2) is 11.2. The van der Waals surface area contributed by atoms with E-state index in [9.17, 15) is 8.42 Å². The predicted octanol–water partition coefficient (Wildman–Crippen LogP) is 0.882. The van der Waals surface area contributed by atoms with Crippen LogP contribution in [0.2, 0.25) is 0 Å². The zero-order valence-corrected chi connectivity index (χ0v) is 12.3. The van der Waals surface area contributed by atoms with Crippen molar-refractivity contribution in [3.8, 4) is 0 Å². The number of rotatable bonds is 10. The van der Waals surface area contributed by atoms with Crippen LogP contribution in [-0.2, 0) is 14.8 Å². The molecule has 1 atom stereocenters. The van der Waals surface area contributed by atoms with E-state index in [1.807, 2.05) is 0 Å². The Morgan fingerprint density at radius 2 is 2.00 bits per heavy atom. The molecule has 0 heterocycles. The van der Waals surface area contributed by atoms with Crippen molar-refractivity contribution in [3.05, 3.63) is 0 Å². The normalized spacial score (nSPS) is 13.1. The third-order valence-corrected chi connectivity index (χ3v) is 3.82. The monoisotopic (exact) mass is 288 g/mol. The summed E-state index contributed by atoms with van der Waals surface area (Å²) in [6.45, 7) is 2.88. The van der Waals surface area contributed by atoms with Gasteiger partial charge >= 0.3 is 0 Å². The Balaban J connectivity index is 0. The summed E-state index contributed by atoms with van der Waals surface area (Å²) in [6.07, 6.45) is 3.35. The van der Waals surface area contributed by atoms with Gasteiger partial charge in [0.1, 0.15) is 0 Å². The highest BCUT2D eigenvalue weighted by molar-refractivity contribution is 7.89. The summed E-state index contributed by atoms with van der Waals surface area (Å²) in [5, 5.41) is 0. The maximum atomic E-state index is 11.6. The largest absolute Gasteiger partial charge is 0.385 e. The van der Waals surface area contributed by atoms with Gasteiger partial charge in [0.2, 0.25) is 10.0 Å². The zero-order chi connectivity index (χ0) is 12.4. The summed E-state index contributed by atoms with van der Waals surface area (Å²) in [5.74, 6) is 0.101. The van der Waals surface area contributed by atoms with E-state index in [-0.39, 0.29) is 24.2 Å². The summed E-state index contributed by atoms with van der Waals surface area (Å²) in [6, 6.07) is -0.132. The molecule has 106 valence electrons. The molecule has 0 saturated carbocycles. The average Bonchev–Trinajstić information content (AvgIpc) is 2.24. The molecule has 0 rings (SSSR count). The lowest BCUT2D eigenvalue weighted by molar-refractivity contribution is 0.199. The summed E-state index contributed by atoms with van der Waals surface area (Å²) in [7, 11) is -1.65. The van der Waals surface area contributed by atoms with Gasteiger partial charge in [-0.05, 0) is 12.8 Å². The molecular formula is C10H25ClN2O3S. The number of ether oxygens (including phenoxy) is 1. The highest BCUT2D eigenvalue weighted by atomic mass is 35.5. The molecule has 0 aromatic rings. The minimum atomic E-state index is -3.21. The van der Waals surface area contributed by atoms with Gasteiger partial charge in [0.15, 0.2) is 0 Å². The lowest BCUT2D eigenvalue weighted by Crippen LogP contribution is -2.41. The van der Waals surface area contributed by atoms with Crippen LogP contribution in [0.5, 0.6) is 0 Å². The summed E-state index contributed by atoms with van der Waals surface area (Å²) < 4.78 is 30.7. The van der Waals surface area contributed by atoms with Crippen LogP contribution in [0.25, 0.3) is 0 Å². The van der Waals surface area contributed by atoms with Crippen molar-refractivity contribution in [1.29, 1.82) is 0 Å². The fraction of sp³-hybridized carbons (Fsp3) is 1.00. The molecule has 1 unspecified atom stereocenters. The summed E-state index contributed by atoms with van der Waals surface area (Å²) in [4.78, 5) is 0. The number of halogens is 1. The van der Waals surface area contributed by atoms with Crippen LogP contribution in [0.1, 0.15) is 32.6 Å². The van der Waals surface area contributed by atoms with Crippen molar-refractivity contribution in [2.75, 3.05) is 26.0 Å². The van der Waals surface area contributed by atoms with Crippen molar-refractivity contribution in [1.82, 2.24) is 4.72 Å². The molecule has 0 aliphatic heterocycles. The Morgan fingerprint density at radius 3 is 2.47 bits per heavy atom. The van der Waals surface area contributed by atoms with Crippen LogP contribution in [0.4, 0.5) is 0 Å². The maximum Gasteiger partial charge on any atom is 0.211 e. The zero-order valence-electron chi connectivity index (χ0n) is 10.6. The number of nitrogens with one attached hydrogen (secondary N) is 1. The first-order valence-corrected chi connectivity index (χ1v) is 7.40. The molecule has 0 bridgehead atoms. The van der Waals surface area contributed by atoms with Crippen LogP contribution in [-0.4, -0.2) is 40.5 Å². The van der Waals surface area contributed by atoms with Gasteiger partial charge in [-0.3, -0.25) is 0 Å². The molecule has 0 amide bonds. The van der Waals surface area contributed by atoms with Gasteiger partial charge in [-0.25, -0.2) is 13.1 Å². The van der Waals surface area contributed by atoms with E-state index in [4.69, 9.17) is 10.5 Å². The van der Waals surface area contributed by atoms with Crippen LogP contribution < -0.4 is 10.5 Å². The van der Waals surface area contributed by atoms with E-state index in [1.54, 1.807) is 7.11 Å². The van der Waals surface area contributed by atoms with Crippen LogP contribution in [0.3, 0.4) is 0 Å². The lowest BCUT2D eigenvalue weighted by Gasteiger charge is -2.16. The molecule has 0 fully saturated rings. The minimum Gasteiger partial charge on any atom is -0.385 e. The van der Waals surface area contributed by atoms with Crippen molar-refractivity contribution < 1.29 is 13.2 Å². The first kappa shape index (κ1) is 19.5. The van der Waals surface area contributed by atoms with Gasteiger partial charge in [0, 0.05) is 26.3 Å². The Bertz CT molecular complexity index is 260. The second-order valence-electron chi connectivity index (χ2n) is 3.86. The van der Waals surface area contributed by atoms with E-state index in [1.165, 1.54) is 0 Å². The highest BCUT2D eigenvalue weighted by Gasteiger charge is 2.15. The fourth-order valence-electron chi connectivity index (χ4n) is 1.38. The predicted molar refractivity (Wildman–Crippen MR) is 73.0 cm³/mol. The Kier molecular flexibility index (Phi) is 12.8. The molecule has 7 heteroatoms. The van der Waals surface area contributed by atoms with Crippen LogP contribution in [0.15, 0.2) is 0 Å². The quantitative estimate of drug-likeness (QED) is 0.585. The molecule has 3 N–H and O–H groups in total. The van der Waals surface area contributed by atoms with E-state index < -0.39 is 10.0 Å². The first-order chi connectivity index (χ1) is 7.55. The van der Waals surface area contributed by atoms with E-state index >= 15 is 0 Å². The number of unbranched alkanes of at least 4 members (excludes halogenated alkanes) is 1. The Morgan fingerprint density at radius 1 is 1.35 bits per heavy atom. The molecule has 5 nitrogen and oxygen atoms in total. The van der Waals surface area contributed by atoms with Crippen molar-refractivity contribution >= 4 is 22.4 Å². The second-order valence-corrected chi connectivity index (χ2v) is 5.73. The van der Waals surface area contributed by atoms with Crippen molar-refractivity contribution in [3.63, 3.8) is 0 Å². The number of nitrogens with two attached hydrogens (primary N) is 1. The molecule has 0 aliphatic carbocycles. The van der Waals surface area contributed by atoms with Gasteiger partial charge in [-0.15, -0.1) is 12.4 Å². The first-order valence-electron chi connectivity index (χ1n) is 5.74. The topological polar surface area (TPSA) is 81.4 Å². The number of sulfonamides is 1. The average molecular weight is 289 g/mol. The van der Waals surface area contributed by atoms with Crippen LogP contribution in [0, 0.1) is 0 Å². The SMILES string of the molecule is CCCCC(CN)NS(=O)(=O)CCCOC.Cl. The van der Waals surface area contributed by atoms with Gasteiger partial charge in [-0.2, -0.15) is 0 Å². The highest BCUT2D eigenvalue weighted by Crippen LogP contribution is 2.02. The summed E-state index contributed by atoms with van der Waals surface area (Å²) >= 11 is 0. The van der Waals surface area contributed by atoms with Crippen molar-refractivity contribution in [2.45, 2.75) is 38.6 Å². The third-order valence-electron chi connectivity index (χ3n) is 2.30. The van der Waals surface area contributed by atoms with Gasteiger partial charge in [0.25, 0.3) is 0 Å². The van der Waals surface area contributed by atoms with E-state index in [0.29, 0.717) is 19.6 Å². The Hall–Kier alpha value is 0.120. The van der Waals surface area contributed by atoms with E-state index in [2.05, 4.69) is 11.6 Å². The number of hydrogen-bond donors (Lipinski definition) is 2. The van der Waals surface area contributed by atoms with Gasteiger partial charge in [-0.1, -0.05) is 19.8 Å². The van der Waals surface area contributed by atoms with Crippen LogP contribution >= 0.6 is 12.4 Å². The van der Waals surface area contributed by atoms with Gasteiger partial charge < -0.3 is 10.5 Å². The molecule has 0 saturated heterocycles. The minimum absolute atomic E-state index is 0. The molecule has 0 radical (unpaired) electrons. The molecule has 0 aromatic carbocycles. The molecule has 0 aromatic heterocycles. The standard InChI is InChI=1S/C10H24N2O3S.ClH/c1-3-4-6-10(9-11)12-16(13,14)8-5-7-15-2;/h10,12H,3-9,11H2,1-2H3;1H. The van der Waals surface area contributed by atoms with Crippen molar-refractivity contribution in [2.24, 2.45) is 5.73 Å². The smallest absolute Gasteiger partial charge is 0.211 e. The Labute approximate surface area is 111 Å². The third kappa shape index (κ3) is 11.0. The maximum absolute atomic E-state index is 11.6. The molecule has 0 aliphatic rings. The fourth-order valence-corrected chi connectivity index (χ4v) is 2.72. The summed E-state index contributed by atoms with van der Waals surface area (Å²) in [5.41, 5.74) is 5.52. The van der Waals surface area contributed by atoms with Gasteiger partial charge in [0.05, 0.1) is 5.75 Å². The molecule has 0 spiro atoms. The number of hydrogen-bond acceptors (Lipinski definition) is 4. The molecule has 17 heavy (non-hydrogen) atoms.